The summed E-state index contributed by atoms with van der Waals surface area (Å²) in [5.41, 5.74) is 0.0923. The third-order valence-electron chi connectivity index (χ3n) is 3.33. The highest BCUT2D eigenvalue weighted by molar-refractivity contribution is 6.05. The normalized spacial score (nSPS) is 10.8. The van der Waals surface area contributed by atoms with Gasteiger partial charge in [0.15, 0.2) is 0 Å². The molecule has 3 nitrogen and oxygen atoms in total. The molecule has 3 aromatic carbocycles. The minimum absolute atomic E-state index is 0.0923. The van der Waals surface area contributed by atoms with Crippen molar-refractivity contribution in [2.75, 3.05) is 6.61 Å². The number of ether oxygens (including phenoxy) is 1. The average Bonchev–Trinajstić information content (AvgIpc) is 2.46. The quantitative estimate of drug-likeness (QED) is 0.512. The van der Waals surface area contributed by atoms with E-state index in [-0.39, 0.29) is 17.9 Å². The molecule has 0 aliphatic carbocycles. The lowest BCUT2D eigenvalue weighted by atomic mass is 10.0. The van der Waals surface area contributed by atoms with Crippen LogP contribution >= 0.6 is 0 Å². The summed E-state index contributed by atoms with van der Waals surface area (Å²) in [5.74, 6) is -0.834. The number of rotatable bonds is 2. The van der Waals surface area contributed by atoms with Crippen LogP contribution in [0.25, 0.3) is 21.5 Å². The van der Waals surface area contributed by atoms with Gasteiger partial charge in [-0.3, -0.25) is 5.11 Å². The Kier molecular flexibility index (Phi) is 3.03. The monoisotopic (exact) mass is 265 g/mol. The van der Waals surface area contributed by atoms with E-state index in [1.165, 1.54) is 6.07 Å². The van der Waals surface area contributed by atoms with E-state index in [0.717, 1.165) is 16.2 Å². The van der Waals surface area contributed by atoms with E-state index < -0.39 is 5.97 Å². The van der Waals surface area contributed by atoms with Crippen molar-refractivity contribution in [3.8, 4) is 5.75 Å². The molecule has 0 bridgehead atoms. The van der Waals surface area contributed by atoms with Crippen molar-refractivity contribution >= 4 is 27.5 Å². The van der Waals surface area contributed by atoms with Crippen LogP contribution in [0.3, 0.4) is 0 Å². The van der Waals surface area contributed by atoms with Crippen molar-refractivity contribution in [1.29, 1.82) is 0 Å². The largest absolute Gasteiger partial charge is 0.462 e. The van der Waals surface area contributed by atoms with Crippen molar-refractivity contribution in [2.45, 2.75) is 6.92 Å². The Morgan fingerprint density at radius 2 is 1.70 bits per heavy atom. The Labute approximate surface area is 116 Å². The highest BCUT2D eigenvalue weighted by Crippen LogP contribution is 2.33. The summed E-state index contributed by atoms with van der Waals surface area (Å²) >= 11 is 0. The van der Waals surface area contributed by atoms with Crippen LogP contribution in [0.5, 0.6) is 5.75 Å². The standard InChI is InChI=1S/C17H13O3/c1-2-20-17(19)14-8-7-13-9-11-5-3-4-6-12(11)10-15(13)16(14)18/h3-10H,2H2,1H3. The van der Waals surface area contributed by atoms with E-state index in [1.807, 2.05) is 36.4 Å². The first-order chi connectivity index (χ1) is 9.70. The maximum atomic E-state index is 12.4. The van der Waals surface area contributed by atoms with Crippen LogP contribution in [-0.2, 0) is 9.84 Å². The van der Waals surface area contributed by atoms with Crippen LogP contribution in [0.15, 0.2) is 48.5 Å². The smallest absolute Gasteiger partial charge is 0.342 e. The van der Waals surface area contributed by atoms with Gasteiger partial charge in [-0.15, -0.1) is 0 Å². The van der Waals surface area contributed by atoms with Crippen molar-refractivity contribution in [2.24, 2.45) is 0 Å². The lowest BCUT2D eigenvalue weighted by molar-refractivity contribution is 0.0521. The number of hydrogen-bond donors (Lipinski definition) is 0. The van der Waals surface area contributed by atoms with Crippen molar-refractivity contribution in [3.63, 3.8) is 0 Å². The summed E-state index contributed by atoms with van der Waals surface area (Å²) in [7, 11) is 0. The lowest BCUT2D eigenvalue weighted by Crippen LogP contribution is -2.04. The van der Waals surface area contributed by atoms with Gasteiger partial charge < -0.3 is 4.74 Å². The van der Waals surface area contributed by atoms with Crippen LogP contribution in [0.4, 0.5) is 0 Å². The second-order valence-electron chi connectivity index (χ2n) is 4.58. The average molecular weight is 265 g/mol. The highest BCUT2D eigenvalue weighted by atomic mass is 16.5. The molecule has 0 aliphatic rings. The summed E-state index contributed by atoms with van der Waals surface area (Å²) in [6.45, 7) is 1.98. The molecule has 0 saturated carbocycles. The zero-order valence-electron chi connectivity index (χ0n) is 11.1. The van der Waals surface area contributed by atoms with Gasteiger partial charge >= 0.3 is 5.97 Å². The van der Waals surface area contributed by atoms with E-state index in [2.05, 4.69) is 0 Å². The molecule has 3 heteroatoms. The first kappa shape index (κ1) is 12.5. The summed E-state index contributed by atoms with van der Waals surface area (Å²) < 4.78 is 4.91. The summed E-state index contributed by atoms with van der Waals surface area (Å²) in [6, 6.07) is 14.9. The van der Waals surface area contributed by atoms with E-state index in [9.17, 15) is 9.90 Å². The van der Waals surface area contributed by atoms with E-state index in [0.29, 0.717) is 5.39 Å². The molecule has 99 valence electrons. The summed E-state index contributed by atoms with van der Waals surface area (Å²) in [6.07, 6.45) is 0. The van der Waals surface area contributed by atoms with Gasteiger partial charge in [0.1, 0.15) is 5.56 Å². The van der Waals surface area contributed by atoms with Crippen LogP contribution in [0.2, 0.25) is 0 Å². The van der Waals surface area contributed by atoms with Gasteiger partial charge in [-0.25, -0.2) is 4.79 Å². The van der Waals surface area contributed by atoms with Crippen LogP contribution in [0, 0.1) is 0 Å². The van der Waals surface area contributed by atoms with E-state index >= 15 is 0 Å². The summed E-state index contributed by atoms with van der Waals surface area (Å²) in [5, 5.41) is 15.8. The van der Waals surface area contributed by atoms with Gasteiger partial charge in [0.2, 0.25) is 5.75 Å². The molecular formula is C17H13O3. The van der Waals surface area contributed by atoms with Gasteiger partial charge in [0.25, 0.3) is 0 Å². The Hall–Kier alpha value is -2.55. The molecule has 3 aromatic rings. The van der Waals surface area contributed by atoms with Crippen molar-refractivity contribution < 1.29 is 14.6 Å². The van der Waals surface area contributed by atoms with Gasteiger partial charge in [-0.1, -0.05) is 30.3 Å². The fraction of sp³-hybridized carbons (Fsp3) is 0.118. The molecule has 20 heavy (non-hydrogen) atoms. The minimum Gasteiger partial charge on any atom is -0.462 e. The lowest BCUT2D eigenvalue weighted by Gasteiger charge is -2.07. The first-order valence-electron chi connectivity index (χ1n) is 6.50. The topological polar surface area (TPSA) is 46.2 Å². The summed E-state index contributed by atoms with van der Waals surface area (Å²) in [4.78, 5) is 11.8. The minimum atomic E-state index is -0.562. The molecule has 0 atom stereocenters. The Morgan fingerprint density at radius 1 is 1.00 bits per heavy atom. The molecule has 0 spiro atoms. The predicted molar refractivity (Wildman–Crippen MR) is 77.5 cm³/mol. The van der Waals surface area contributed by atoms with Crippen LogP contribution in [0.1, 0.15) is 17.3 Å². The van der Waals surface area contributed by atoms with Crippen LogP contribution in [-0.4, -0.2) is 12.6 Å². The van der Waals surface area contributed by atoms with E-state index in [4.69, 9.17) is 4.74 Å². The Balaban J connectivity index is 2.26. The second-order valence-corrected chi connectivity index (χ2v) is 4.58. The van der Waals surface area contributed by atoms with Gasteiger partial charge in [-0.2, -0.15) is 0 Å². The second kappa shape index (κ2) is 4.85. The predicted octanol–water partition coefficient (Wildman–Crippen LogP) is 4.31. The number of carbonyl (C=O) groups excluding carboxylic acids is 1. The fourth-order valence-electron chi connectivity index (χ4n) is 2.36. The highest BCUT2D eigenvalue weighted by Gasteiger charge is 2.16. The molecule has 3 rings (SSSR count). The molecule has 0 fully saturated rings. The van der Waals surface area contributed by atoms with Gasteiger partial charge in [0.05, 0.1) is 6.61 Å². The van der Waals surface area contributed by atoms with Crippen LogP contribution < -0.4 is 0 Å². The van der Waals surface area contributed by atoms with Gasteiger partial charge in [0, 0.05) is 5.39 Å². The molecule has 0 aliphatic heterocycles. The molecule has 0 amide bonds. The SMILES string of the molecule is CCOC(=O)c1ccc2cc3ccccc3cc2c1[O]. The molecule has 0 N–H and O–H groups in total. The molecule has 1 radical (unpaired) electrons. The fourth-order valence-corrected chi connectivity index (χ4v) is 2.36. The third-order valence-corrected chi connectivity index (χ3v) is 3.33. The Bertz CT molecular complexity index is 806. The molecular weight excluding hydrogens is 252 g/mol. The molecule has 0 saturated heterocycles. The number of esters is 1. The maximum Gasteiger partial charge on any atom is 0.342 e. The molecule has 0 heterocycles. The van der Waals surface area contributed by atoms with Crippen molar-refractivity contribution in [3.05, 3.63) is 54.1 Å². The first-order valence-corrected chi connectivity index (χ1v) is 6.50. The number of carbonyl (C=O) groups is 1. The maximum absolute atomic E-state index is 12.4. The molecule has 0 unspecified atom stereocenters. The zero-order chi connectivity index (χ0) is 14.1. The third kappa shape index (κ3) is 1.97. The van der Waals surface area contributed by atoms with E-state index in [1.54, 1.807) is 13.0 Å². The zero-order valence-corrected chi connectivity index (χ0v) is 11.1. The number of hydrogen-bond acceptors (Lipinski definition) is 2. The number of fused-ring (bicyclic) bond motifs is 2. The molecule has 0 aromatic heterocycles. The van der Waals surface area contributed by atoms with Gasteiger partial charge in [-0.05, 0) is 41.3 Å². The number of benzene rings is 3. The van der Waals surface area contributed by atoms with Crippen molar-refractivity contribution in [1.82, 2.24) is 0 Å². The Morgan fingerprint density at radius 3 is 2.40 bits per heavy atom.